The molecule has 0 bridgehead atoms. The normalized spacial score (nSPS) is 11.2. The summed E-state index contributed by atoms with van der Waals surface area (Å²) in [5, 5.41) is 0. The van der Waals surface area contributed by atoms with Crippen LogP contribution < -0.4 is 0 Å². The van der Waals surface area contributed by atoms with Gasteiger partial charge in [-0.1, -0.05) is 46.9 Å². The number of hydrogen-bond donors (Lipinski definition) is 0. The monoisotopic (exact) mass is 274 g/mol. The molecule has 1 aromatic carbocycles. The Morgan fingerprint density at radius 2 is 1.75 bits per heavy atom. The molecule has 64 valence electrons. The third-order valence-corrected chi connectivity index (χ3v) is 2.36. The van der Waals surface area contributed by atoms with Crippen molar-refractivity contribution in [1.82, 2.24) is 0 Å². The number of rotatable bonds is 2. The lowest BCUT2D eigenvalue weighted by atomic mass is 10.0. The summed E-state index contributed by atoms with van der Waals surface area (Å²) in [6.07, 6.45) is 0.865. The smallest absolute Gasteiger partial charge is 0.150 e. The predicted molar refractivity (Wildman–Crippen MR) is 58.9 cm³/mol. The van der Waals surface area contributed by atoms with Crippen molar-refractivity contribution < 1.29 is 4.79 Å². The van der Waals surface area contributed by atoms with Gasteiger partial charge in [0.05, 0.1) is 0 Å². The number of carbonyl (C=O) groups excluding carboxylic acids is 1. The largest absolute Gasteiger partial charge is 0.298 e. The van der Waals surface area contributed by atoms with Crippen LogP contribution in [0.25, 0.3) is 0 Å². The molecule has 12 heavy (non-hydrogen) atoms. The molecule has 0 spiro atoms. The van der Waals surface area contributed by atoms with Crippen molar-refractivity contribution in [2.45, 2.75) is 17.3 Å². The van der Waals surface area contributed by atoms with Crippen molar-refractivity contribution in [3.8, 4) is 0 Å². The van der Waals surface area contributed by atoms with Crippen molar-refractivity contribution in [2.75, 3.05) is 0 Å². The van der Waals surface area contributed by atoms with E-state index in [4.69, 9.17) is 0 Å². The van der Waals surface area contributed by atoms with Gasteiger partial charge in [0.1, 0.15) is 6.29 Å². The first-order chi connectivity index (χ1) is 5.54. The summed E-state index contributed by atoms with van der Waals surface area (Å²) >= 11 is 2.38. The van der Waals surface area contributed by atoms with Gasteiger partial charge in [-0.25, -0.2) is 0 Å². The summed E-state index contributed by atoms with van der Waals surface area (Å²) in [6, 6.07) is 7.69. The van der Waals surface area contributed by atoms with Crippen molar-refractivity contribution >= 4 is 28.9 Å². The molecule has 0 unspecified atom stereocenters. The lowest BCUT2D eigenvalue weighted by Crippen LogP contribution is -2.05. The number of alkyl halides is 1. The molecule has 1 nitrogen and oxygen atoms in total. The highest BCUT2D eigenvalue weighted by Crippen LogP contribution is 2.30. The third-order valence-electron chi connectivity index (χ3n) is 1.73. The van der Waals surface area contributed by atoms with E-state index in [0.717, 1.165) is 11.8 Å². The average molecular weight is 274 g/mol. The highest BCUT2D eigenvalue weighted by molar-refractivity contribution is 14.1. The van der Waals surface area contributed by atoms with Gasteiger partial charge in [-0.05, 0) is 19.4 Å². The Balaban J connectivity index is 3.00. The van der Waals surface area contributed by atoms with Crippen LogP contribution in [-0.2, 0) is 3.42 Å². The summed E-state index contributed by atoms with van der Waals surface area (Å²) < 4.78 is 0.138. The predicted octanol–water partition coefficient (Wildman–Crippen LogP) is 3.17. The number of hydrogen-bond acceptors (Lipinski definition) is 1. The molecule has 0 aliphatic carbocycles. The number of benzene rings is 1. The van der Waals surface area contributed by atoms with Crippen LogP contribution in [0.15, 0.2) is 24.3 Å². The van der Waals surface area contributed by atoms with Crippen molar-refractivity contribution in [3.05, 3.63) is 35.4 Å². The molecule has 2 heteroatoms. The highest BCUT2D eigenvalue weighted by Gasteiger charge is 2.14. The molecule has 0 aromatic heterocycles. The van der Waals surface area contributed by atoms with E-state index in [9.17, 15) is 4.79 Å². The standard InChI is InChI=1S/C10H11IO/c1-10(2,11)9-5-3-8(7-12)4-6-9/h3-7H,1-2H3. The first kappa shape index (κ1) is 9.71. The first-order valence-corrected chi connectivity index (χ1v) is 4.86. The minimum atomic E-state index is 0.138. The summed E-state index contributed by atoms with van der Waals surface area (Å²) in [6.45, 7) is 4.28. The fraction of sp³-hybridized carbons (Fsp3) is 0.300. The van der Waals surface area contributed by atoms with Crippen molar-refractivity contribution in [1.29, 1.82) is 0 Å². The topological polar surface area (TPSA) is 17.1 Å². The highest BCUT2D eigenvalue weighted by atomic mass is 127. The molecule has 0 radical (unpaired) electrons. The Morgan fingerprint density at radius 3 is 2.08 bits per heavy atom. The molecule has 0 amide bonds. The summed E-state index contributed by atoms with van der Waals surface area (Å²) in [7, 11) is 0. The van der Waals surface area contributed by atoms with Crippen LogP contribution in [0.2, 0.25) is 0 Å². The minimum absolute atomic E-state index is 0.138. The van der Waals surface area contributed by atoms with Crippen LogP contribution in [0, 0.1) is 0 Å². The van der Waals surface area contributed by atoms with Gasteiger partial charge in [0, 0.05) is 8.99 Å². The second-order valence-electron chi connectivity index (χ2n) is 3.21. The van der Waals surface area contributed by atoms with Gasteiger partial charge < -0.3 is 0 Å². The van der Waals surface area contributed by atoms with E-state index in [1.165, 1.54) is 5.56 Å². The second-order valence-corrected chi connectivity index (χ2v) is 5.91. The fourth-order valence-electron chi connectivity index (χ4n) is 0.958. The Morgan fingerprint density at radius 1 is 1.25 bits per heavy atom. The van der Waals surface area contributed by atoms with E-state index >= 15 is 0 Å². The molecule has 0 heterocycles. The fourth-order valence-corrected chi connectivity index (χ4v) is 1.32. The minimum Gasteiger partial charge on any atom is -0.298 e. The molecule has 0 atom stereocenters. The SMILES string of the molecule is CC(C)(I)c1ccc(C=O)cc1. The van der Waals surface area contributed by atoms with Crippen LogP contribution in [-0.4, -0.2) is 6.29 Å². The van der Waals surface area contributed by atoms with E-state index in [1.807, 2.05) is 24.3 Å². The molecular weight excluding hydrogens is 263 g/mol. The van der Waals surface area contributed by atoms with E-state index < -0.39 is 0 Å². The Labute approximate surface area is 86.3 Å². The zero-order valence-electron chi connectivity index (χ0n) is 7.17. The Hall–Kier alpha value is -0.380. The number of aldehydes is 1. The summed E-state index contributed by atoms with van der Waals surface area (Å²) in [5.41, 5.74) is 1.98. The van der Waals surface area contributed by atoms with Gasteiger partial charge in [-0.15, -0.1) is 0 Å². The maximum Gasteiger partial charge on any atom is 0.150 e. The maximum absolute atomic E-state index is 10.4. The van der Waals surface area contributed by atoms with Gasteiger partial charge in [-0.2, -0.15) is 0 Å². The van der Waals surface area contributed by atoms with Gasteiger partial charge in [0.2, 0.25) is 0 Å². The Bertz CT molecular complexity index is 269. The third kappa shape index (κ3) is 2.30. The molecule has 0 N–H and O–H groups in total. The zero-order valence-corrected chi connectivity index (χ0v) is 9.33. The molecule has 0 fully saturated rings. The first-order valence-electron chi connectivity index (χ1n) is 3.78. The van der Waals surface area contributed by atoms with Crippen molar-refractivity contribution in [3.63, 3.8) is 0 Å². The summed E-state index contributed by atoms with van der Waals surface area (Å²) in [5.74, 6) is 0. The van der Waals surface area contributed by atoms with Gasteiger partial charge in [0.15, 0.2) is 0 Å². The van der Waals surface area contributed by atoms with E-state index in [-0.39, 0.29) is 3.42 Å². The average Bonchev–Trinajstić information content (AvgIpc) is 2.03. The summed E-state index contributed by atoms with van der Waals surface area (Å²) in [4.78, 5) is 10.4. The molecule has 0 saturated carbocycles. The quantitative estimate of drug-likeness (QED) is 0.460. The molecule has 0 saturated heterocycles. The van der Waals surface area contributed by atoms with Gasteiger partial charge in [-0.3, -0.25) is 4.79 Å². The zero-order chi connectivity index (χ0) is 9.19. The lowest BCUT2D eigenvalue weighted by Gasteiger charge is -2.16. The van der Waals surface area contributed by atoms with Crippen LogP contribution in [0.1, 0.15) is 29.8 Å². The van der Waals surface area contributed by atoms with Crippen LogP contribution in [0.3, 0.4) is 0 Å². The van der Waals surface area contributed by atoms with Gasteiger partial charge >= 0.3 is 0 Å². The second kappa shape index (κ2) is 3.56. The van der Waals surface area contributed by atoms with Gasteiger partial charge in [0.25, 0.3) is 0 Å². The van der Waals surface area contributed by atoms with E-state index in [1.54, 1.807) is 0 Å². The van der Waals surface area contributed by atoms with Crippen LogP contribution in [0.5, 0.6) is 0 Å². The van der Waals surface area contributed by atoms with E-state index in [0.29, 0.717) is 0 Å². The number of carbonyl (C=O) groups is 1. The molecule has 0 aliphatic heterocycles. The van der Waals surface area contributed by atoms with Crippen LogP contribution in [0.4, 0.5) is 0 Å². The Kier molecular flexibility index (Phi) is 2.88. The number of halogens is 1. The van der Waals surface area contributed by atoms with E-state index in [2.05, 4.69) is 36.4 Å². The van der Waals surface area contributed by atoms with Crippen LogP contribution >= 0.6 is 22.6 Å². The van der Waals surface area contributed by atoms with Crippen molar-refractivity contribution in [2.24, 2.45) is 0 Å². The molecule has 1 aromatic rings. The maximum atomic E-state index is 10.4. The lowest BCUT2D eigenvalue weighted by molar-refractivity contribution is 0.112. The molecule has 0 aliphatic rings. The molecule has 1 rings (SSSR count). The molecular formula is C10H11IO.